The number of nitrogens with one attached hydrogen (secondary N) is 2. The molecule has 2 N–H and O–H groups in total. The fourth-order valence-electron chi connectivity index (χ4n) is 3.21. The van der Waals surface area contributed by atoms with E-state index >= 15 is 0 Å². The zero-order valence-corrected chi connectivity index (χ0v) is 19.9. The third kappa shape index (κ3) is 6.50. The monoisotopic (exact) mass is 490 g/mol. The lowest BCUT2D eigenvalue weighted by Crippen LogP contribution is -2.12. The van der Waals surface area contributed by atoms with E-state index in [2.05, 4.69) is 25.6 Å². The Labute approximate surface area is 206 Å². The predicted octanol–water partition coefficient (Wildman–Crippen LogP) is 5.35. The number of aryl methyl sites for hydroxylation is 1. The van der Waals surface area contributed by atoms with Crippen LogP contribution in [0.3, 0.4) is 0 Å². The van der Waals surface area contributed by atoms with Crippen LogP contribution in [-0.4, -0.2) is 39.2 Å². The van der Waals surface area contributed by atoms with E-state index < -0.39 is 12.3 Å². The first-order chi connectivity index (χ1) is 17.4. The lowest BCUT2D eigenvalue weighted by Gasteiger charge is -2.11. The number of hydrogen-bond acceptors (Lipinski definition) is 7. The van der Waals surface area contributed by atoms with E-state index in [9.17, 15) is 13.6 Å². The van der Waals surface area contributed by atoms with E-state index in [1.807, 2.05) is 25.1 Å². The highest BCUT2D eigenvalue weighted by atomic mass is 19.3. The van der Waals surface area contributed by atoms with Gasteiger partial charge in [0, 0.05) is 36.3 Å². The lowest BCUT2D eigenvalue weighted by molar-refractivity contribution is -0.106. The maximum absolute atomic E-state index is 12.7. The standard InChI is InChI=1S/C24H20F2N6O.C2H4O/c1-14-3-5-17(31-24(33)16-4-6-19(23(25)26)30-11-16)10-18(14)21-13-28-12-20(32-21)15-7-8-29-22(9-15)27-2;1-2-3/h3-13,23H,1-2H3,(H,27,29)(H,31,33);2H,1H3. The number of carbonyl (C=O) groups is 2. The Balaban J connectivity index is 0.00000115. The fourth-order valence-corrected chi connectivity index (χ4v) is 3.21. The van der Waals surface area contributed by atoms with Crippen LogP contribution < -0.4 is 10.6 Å². The van der Waals surface area contributed by atoms with Crippen LogP contribution in [0.4, 0.5) is 20.3 Å². The summed E-state index contributed by atoms with van der Waals surface area (Å²) < 4.78 is 25.4. The molecule has 0 fully saturated rings. The topological polar surface area (TPSA) is 110 Å². The van der Waals surface area contributed by atoms with Crippen molar-refractivity contribution in [2.45, 2.75) is 20.3 Å². The van der Waals surface area contributed by atoms with Crippen molar-refractivity contribution in [3.63, 3.8) is 0 Å². The lowest BCUT2D eigenvalue weighted by atomic mass is 10.0. The Hall–Kier alpha value is -4.60. The summed E-state index contributed by atoms with van der Waals surface area (Å²) in [6.07, 6.45) is 4.23. The second-order valence-corrected chi connectivity index (χ2v) is 7.46. The van der Waals surface area contributed by atoms with Gasteiger partial charge in [-0.2, -0.15) is 0 Å². The molecule has 0 saturated heterocycles. The molecule has 3 aromatic heterocycles. The molecule has 8 nitrogen and oxygen atoms in total. The molecule has 0 unspecified atom stereocenters. The van der Waals surface area contributed by atoms with Gasteiger partial charge >= 0.3 is 0 Å². The van der Waals surface area contributed by atoms with E-state index in [0.29, 0.717) is 17.1 Å². The molecule has 3 heterocycles. The maximum Gasteiger partial charge on any atom is 0.280 e. The molecule has 1 aromatic carbocycles. The van der Waals surface area contributed by atoms with Crippen LogP contribution in [0.25, 0.3) is 22.5 Å². The van der Waals surface area contributed by atoms with E-state index in [1.54, 1.807) is 37.8 Å². The van der Waals surface area contributed by atoms with Gasteiger partial charge in [-0.15, -0.1) is 0 Å². The zero-order valence-electron chi connectivity index (χ0n) is 19.9. The summed E-state index contributed by atoms with van der Waals surface area (Å²) in [5.74, 6) is 0.269. The quantitative estimate of drug-likeness (QED) is 0.351. The molecule has 4 rings (SSSR count). The van der Waals surface area contributed by atoms with Crippen LogP contribution in [0.5, 0.6) is 0 Å². The molecular weight excluding hydrogens is 466 g/mol. The number of amides is 1. The molecule has 4 aromatic rings. The van der Waals surface area contributed by atoms with Gasteiger partial charge in [0.2, 0.25) is 0 Å². The van der Waals surface area contributed by atoms with Crippen molar-refractivity contribution < 1.29 is 18.4 Å². The summed E-state index contributed by atoms with van der Waals surface area (Å²) in [6, 6.07) is 11.6. The van der Waals surface area contributed by atoms with Crippen molar-refractivity contribution >= 4 is 23.7 Å². The highest BCUT2D eigenvalue weighted by Gasteiger charge is 2.13. The number of halogens is 2. The summed E-state index contributed by atoms with van der Waals surface area (Å²) in [7, 11) is 1.79. The Morgan fingerprint density at radius 2 is 1.75 bits per heavy atom. The van der Waals surface area contributed by atoms with Crippen molar-refractivity contribution in [2.75, 3.05) is 17.7 Å². The first kappa shape index (κ1) is 26.0. The molecule has 0 saturated carbocycles. The summed E-state index contributed by atoms with van der Waals surface area (Å²) in [4.78, 5) is 38.3. The third-order valence-corrected chi connectivity index (χ3v) is 4.99. The molecule has 36 heavy (non-hydrogen) atoms. The Bertz CT molecular complexity index is 1350. The molecule has 1 amide bonds. The van der Waals surface area contributed by atoms with Gasteiger partial charge in [-0.05, 0) is 55.8 Å². The normalized spacial score (nSPS) is 10.3. The molecule has 0 aliphatic heterocycles. The summed E-state index contributed by atoms with van der Waals surface area (Å²) in [5, 5.41) is 5.77. The summed E-state index contributed by atoms with van der Waals surface area (Å²) in [6.45, 7) is 3.38. The fraction of sp³-hybridized carbons (Fsp3) is 0.154. The predicted molar refractivity (Wildman–Crippen MR) is 134 cm³/mol. The number of hydrogen-bond donors (Lipinski definition) is 2. The number of nitrogens with zero attached hydrogens (tertiary/aromatic N) is 4. The minimum absolute atomic E-state index is 0.182. The van der Waals surface area contributed by atoms with Crippen LogP contribution in [0.1, 0.15) is 35.0 Å². The maximum atomic E-state index is 12.7. The van der Waals surface area contributed by atoms with Gasteiger partial charge in [0.15, 0.2) is 0 Å². The largest absolute Gasteiger partial charge is 0.373 e. The minimum Gasteiger partial charge on any atom is -0.373 e. The third-order valence-electron chi connectivity index (χ3n) is 4.99. The van der Waals surface area contributed by atoms with Crippen LogP contribution in [-0.2, 0) is 4.79 Å². The second kappa shape index (κ2) is 12.2. The van der Waals surface area contributed by atoms with Gasteiger partial charge < -0.3 is 15.4 Å². The molecule has 10 heteroatoms. The molecule has 0 aliphatic carbocycles. The number of aldehydes is 1. The van der Waals surface area contributed by atoms with Gasteiger partial charge in [-0.25, -0.2) is 18.7 Å². The SMILES string of the molecule is CC=O.CNc1cc(-c2cncc(-c3cc(NC(=O)c4ccc(C(F)F)nc4)ccc3C)n2)ccn1. The number of pyridine rings is 2. The van der Waals surface area contributed by atoms with Crippen LogP contribution in [0.15, 0.2) is 67.3 Å². The van der Waals surface area contributed by atoms with Crippen molar-refractivity contribution in [3.05, 3.63) is 84.1 Å². The minimum atomic E-state index is -2.68. The van der Waals surface area contributed by atoms with Gasteiger partial charge in [0.25, 0.3) is 12.3 Å². The van der Waals surface area contributed by atoms with Crippen molar-refractivity contribution in [3.8, 4) is 22.5 Å². The number of benzene rings is 1. The van der Waals surface area contributed by atoms with E-state index in [-0.39, 0.29) is 11.3 Å². The summed E-state index contributed by atoms with van der Waals surface area (Å²) >= 11 is 0. The molecule has 0 aliphatic rings. The first-order valence-corrected chi connectivity index (χ1v) is 10.9. The number of aromatic nitrogens is 4. The van der Waals surface area contributed by atoms with E-state index in [0.717, 1.165) is 41.1 Å². The zero-order chi connectivity index (χ0) is 26.1. The molecule has 0 atom stereocenters. The van der Waals surface area contributed by atoms with Crippen molar-refractivity contribution in [1.82, 2.24) is 19.9 Å². The highest BCUT2D eigenvalue weighted by molar-refractivity contribution is 6.04. The van der Waals surface area contributed by atoms with Gasteiger partial charge in [0.1, 0.15) is 17.8 Å². The van der Waals surface area contributed by atoms with Crippen molar-refractivity contribution in [1.29, 1.82) is 0 Å². The molecule has 0 bridgehead atoms. The molecule has 184 valence electrons. The van der Waals surface area contributed by atoms with Gasteiger partial charge in [0.05, 0.1) is 29.3 Å². The Kier molecular flexibility index (Phi) is 8.82. The Morgan fingerprint density at radius 3 is 2.42 bits per heavy atom. The average molecular weight is 491 g/mol. The van der Waals surface area contributed by atoms with Crippen LogP contribution in [0.2, 0.25) is 0 Å². The summed E-state index contributed by atoms with van der Waals surface area (Å²) in [5.41, 5.74) is 4.29. The van der Waals surface area contributed by atoms with Crippen molar-refractivity contribution in [2.24, 2.45) is 0 Å². The van der Waals surface area contributed by atoms with E-state index in [1.165, 1.54) is 13.0 Å². The van der Waals surface area contributed by atoms with Crippen LogP contribution >= 0.6 is 0 Å². The average Bonchev–Trinajstić information content (AvgIpc) is 2.90. The molecular formula is C26H24F2N6O2. The number of carbonyl (C=O) groups excluding carboxylic acids is 2. The number of alkyl halides is 2. The van der Waals surface area contributed by atoms with Crippen LogP contribution in [0, 0.1) is 6.92 Å². The van der Waals surface area contributed by atoms with Gasteiger partial charge in [-0.3, -0.25) is 14.8 Å². The first-order valence-electron chi connectivity index (χ1n) is 10.9. The van der Waals surface area contributed by atoms with E-state index in [4.69, 9.17) is 9.78 Å². The van der Waals surface area contributed by atoms with Gasteiger partial charge in [-0.1, -0.05) is 6.07 Å². The highest BCUT2D eigenvalue weighted by Crippen LogP contribution is 2.27. The Morgan fingerprint density at radius 1 is 1.00 bits per heavy atom. The second-order valence-electron chi connectivity index (χ2n) is 7.46. The molecule has 0 spiro atoms. The number of anilines is 2. The molecule has 0 radical (unpaired) electrons. The smallest absolute Gasteiger partial charge is 0.280 e. The number of rotatable bonds is 6.